The number of rotatable bonds is 10. The van der Waals surface area contributed by atoms with E-state index < -0.39 is 12.0 Å². The number of benzene rings is 1. The van der Waals surface area contributed by atoms with Crippen LogP contribution in [0.15, 0.2) is 51.6 Å². The van der Waals surface area contributed by atoms with Gasteiger partial charge in [-0.05, 0) is 42.4 Å². The van der Waals surface area contributed by atoms with Gasteiger partial charge in [0.2, 0.25) is 11.8 Å². The average Bonchev–Trinajstić information content (AvgIpc) is 3.50. The largest absolute Gasteiger partial charge is 0.497 e. The molecular formula is C26H32N4O5S. The topological polar surface area (TPSA) is 101 Å². The van der Waals surface area contributed by atoms with Crippen molar-refractivity contribution in [1.82, 2.24) is 15.1 Å². The first-order chi connectivity index (χ1) is 17.5. The molecule has 3 aliphatic heterocycles. The second-order valence-electron chi connectivity index (χ2n) is 8.74. The number of likely N-dealkylation sites (tertiary alicyclic amines) is 1. The quantitative estimate of drug-likeness (QED) is 0.379. The van der Waals surface area contributed by atoms with E-state index in [1.807, 2.05) is 46.4 Å². The Balaban J connectivity index is 1.52. The van der Waals surface area contributed by atoms with Gasteiger partial charge in [0, 0.05) is 31.8 Å². The summed E-state index contributed by atoms with van der Waals surface area (Å²) in [5.41, 5.74) is 2.73. The van der Waals surface area contributed by atoms with Crippen LogP contribution >= 0.6 is 11.8 Å². The third kappa shape index (κ3) is 5.43. The summed E-state index contributed by atoms with van der Waals surface area (Å²) >= 11 is 1.44. The molecule has 0 saturated carbocycles. The van der Waals surface area contributed by atoms with Crippen molar-refractivity contribution in [3.63, 3.8) is 0 Å². The summed E-state index contributed by atoms with van der Waals surface area (Å²) < 4.78 is 10.6. The molecule has 3 heterocycles. The number of aliphatic imine (C=N–C) groups is 1. The Morgan fingerprint density at radius 1 is 1.28 bits per heavy atom. The fourth-order valence-electron chi connectivity index (χ4n) is 4.70. The summed E-state index contributed by atoms with van der Waals surface area (Å²) in [7, 11) is 2.96. The van der Waals surface area contributed by atoms with Crippen LogP contribution < -0.4 is 10.1 Å². The predicted molar refractivity (Wildman–Crippen MR) is 138 cm³/mol. The SMILES string of the molecule is CCC1=C(C(=O)OC)C(c2cccc(OC)c2)N2C(CC(=O)NCCCN3CCCC3=O)=CSC2=N1. The number of hydrogen-bond donors (Lipinski definition) is 1. The molecule has 1 unspecified atom stereocenters. The summed E-state index contributed by atoms with van der Waals surface area (Å²) in [4.78, 5) is 46.1. The molecule has 192 valence electrons. The molecule has 10 heteroatoms. The van der Waals surface area contributed by atoms with Gasteiger partial charge in [-0.15, -0.1) is 0 Å². The Hall–Kier alpha value is -3.27. The standard InChI is InChI=1S/C26H32N4O5S/c1-4-20-23(25(33)35-3)24(17-8-5-9-19(14-17)34-2)30-18(16-36-26(30)28-20)15-21(31)27-11-7-13-29-12-6-10-22(29)32/h5,8-9,14,16,24H,4,6-7,10-13,15H2,1-3H3,(H,27,31). The number of thioether (sulfide) groups is 1. The van der Waals surface area contributed by atoms with E-state index in [0.29, 0.717) is 49.4 Å². The molecule has 0 aliphatic carbocycles. The zero-order chi connectivity index (χ0) is 25.7. The molecule has 4 rings (SSSR count). The van der Waals surface area contributed by atoms with E-state index in [1.165, 1.54) is 18.9 Å². The van der Waals surface area contributed by atoms with Crippen molar-refractivity contribution in [2.24, 2.45) is 4.99 Å². The van der Waals surface area contributed by atoms with Crippen LogP contribution in [-0.2, 0) is 19.1 Å². The first-order valence-corrected chi connectivity index (χ1v) is 13.1. The van der Waals surface area contributed by atoms with Crippen LogP contribution in [0, 0.1) is 0 Å². The number of carbonyl (C=O) groups excluding carboxylic acids is 3. The number of nitrogens with zero attached hydrogens (tertiary/aromatic N) is 3. The molecule has 1 atom stereocenters. The molecule has 0 spiro atoms. The van der Waals surface area contributed by atoms with Crippen LogP contribution in [0.1, 0.15) is 50.6 Å². The van der Waals surface area contributed by atoms with Gasteiger partial charge >= 0.3 is 5.97 Å². The van der Waals surface area contributed by atoms with Gasteiger partial charge in [-0.2, -0.15) is 0 Å². The van der Waals surface area contributed by atoms with Crippen LogP contribution in [0.25, 0.3) is 0 Å². The molecule has 1 aromatic carbocycles. The minimum absolute atomic E-state index is 0.120. The van der Waals surface area contributed by atoms with E-state index >= 15 is 0 Å². The van der Waals surface area contributed by atoms with Crippen LogP contribution in [0.3, 0.4) is 0 Å². The highest BCUT2D eigenvalue weighted by Crippen LogP contribution is 2.45. The Labute approximate surface area is 215 Å². The predicted octanol–water partition coefficient (Wildman–Crippen LogP) is 3.35. The normalized spacial score (nSPS) is 19.2. The van der Waals surface area contributed by atoms with Crippen LogP contribution in [0.4, 0.5) is 0 Å². The molecular weight excluding hydrogens is 480 g/mol. The van der Waals surface area contributed by atoms with Gasteiger partial charge in [0.1, 0.15) is 5.75 Å². The van der Waals surface area contributed by atoms with E-state index in [-0.39, 0.29) is 18.2 Å². The number of fused-ring (bicyclic) bond motifs is 1. The van der Waals surface area contributed by atoms with Crippen molar-refractivity contribution in [3.05, 3.63) is 52.2 Å². The minimum atomic E-state index is -0.495. The van der Waals surface area contributed by atoms with Gasteiger partial charge < -0.3 is 24.6 Å². The lowest BCUT2D eigenvalue weighted by atomic mass is 9.92. The smallest absolute Gasteiger partial charge is 0.338 e. The lowest BCUT2D eigenvalue weighted by Gasteiger charge is -2.36. The van der Waals surface area contributed by atoms with Crippen molar-refractivity contribution in [2.75, 3.05) is 33.9 Å². The maximum Gasteiger partial charge on any atom is 0.338 e. The number of amidine groups is 1. The second-order valence-corrected chi connectivity index (χ2v) is 9.58. The van der Waals surface area contributed by atoms with Crippen LogP contribution in [0.5, 0.6) is 5.75 Å². The first kappa shape index (κ1) is 25.8. The molecule has 1 fully saturated rings. The molecule has 9 nitrogen and oxygen atoms in total. The number of ether oxygens (including phenoxy) is 2. The highest BCUT2D eigenvalue weighted by Gasteiger charge is 2.41. The first-order valence-electron chi connectivity index (χ1n) is 12.2. The molecule has 0 aromatic heterocycles. The number of allylic oxidation sites excluding steroid dienone is 1. The summed E-state index contributed by atoms with van der Waals surface area (Å²) in [6.45, 7) is 3.91. The molecule has 2 amide bonds. The molecule has 1 aromatic rings. The summed E-state index contributed by atoms with van der Waals surface area (Å²) in [6, 6.07) is 7.06. The zero-order valence-corrected chi connectivity index (χ0v) is 21.7. The molecule has 1 saturated heterocycles. The van der Waals surface area contributed by atoms with Crippen molar-refractivity contribution in [1.29, 1.82) is 0 Å². The molecule has 36 heavy (non-hydrogen) atoms. The van der Waals surface area contributed by atoms with Gasteiger partial charge in [0.05, 0.1) is 38.0 Å². The van der Waals surface area contributed by atoms with Crippen molar-refractivity contribution in [3.8, 4) is 5.75 Å². The maximum absolute atomic E-state index is 13.0. The van der Waals surface area contributed by atoms with Crippen molar-refractivity contribution in [2.45, 2.75) is 45.1 Å². The van der Waals surface area contributed by atoms with E-state index in [0.717, 1.165) is 29.4 Å². The minimum Gasteiger partial charge on any atom is -0.497 e. The zero-order valence-electron chi connectivity index (χ0n) is 20.9. The Bertz CT molecular complexity index is 1130. The van der Waals surface area contributed by atoms with E-state index in [1.54, 1.807) is 7.11 Å². The lowest BCUT2D eigenvalue weighted by molar-refractivity contribution is -0.137. The van der Waals surface area contributed by atoms with Crippen molar-refractivity contribution < 1.29 is 23.9 Å². The molecule has 0 bridgehead atoms. The Morgan fingerprint density at radius 2 is 2.11 bits per heavy atom. The van der Waals surface area contributed by atoms with Gasteiger partial charge in [-0.25, -0.2) is 9.79 Å². The van der Waals surface area contributed by atoms with Gasteiger partial charge in [0.15, 0.2) is 5.17 Å². The number of nitrogens with one attached hydrogen (secondary N) is 1. The van der Waals surface area contributed by atoms with Gasteiger partial charge in [-0.3, -0.25) is 9.59 Å². The van der Waals surface area contributed by atoms with E-state index in [9.17, 15) is 14.4 Å². The second kappa shape index (κ2) is 11.6. The number of amides is 2. The van der Waals surface area contributed by atoms with Gasteiger partial charge in [-0.1, -0.05) is 30.8 Å². The third-order valence-electron chi connectivity index (χ3n) is 6.48. The Kier molecular flexibility index (Phi) is 8.35. The summed E-state index contributed by atoms with van der Waals surface area (Å²) in [5, 5.41) is 5.61. The van der Waals surface area contributed by atoms with E-state index in [2.05, 4.69) is 5.32 Å². The highest BCUT2D eigenvalue weighted by atomic mass is 32.2. The van der Waals surface area contributed by atoms with Crippen LogP contribution in [0.2, 0.25) is 0 Å². The number of carbonyl (C=O) groups is 3. The molecule has 3 aliphatic rings. The average molecular weight is 513 g/mol. The highest BCUT2D eigenvalue weighted by molar-refractivity contribution is 8.16. The fourth-order valence-corrected chi connectivity index (χ4v) is 5.64. The lowest BCUT2D eigenvalue weighted by Crippen LogP contribution is -2.38. The number of esters is 1. The maximum atomic E-state index is 13.0. The third-order valence-corrected chi connectivity index (χ3v) is 7.37. The van der Waals surface area contributed by atoms with Crippen molar-refractivity contribution >= 4 is 34.7 Å². The molecule has 0 radical (unpaired) electrons. The number of hydrogen-bond acceptors (Lipinski definition) is 8. The Morgan fingerprint density at radius 3 is 2.81 bits per heavy atom. The summed E-state index contributed by atoms with van der Waals surface area (Å²) in [5.74, 6) is 0.297. The van der Waals surface area contributed by atoms with Crippen LogP contribution in [-0.4, -0.2) is 66.6 Å². The molecule has 1 N–H and O–H groups in total. The summed E-state index contributed by atoms with van der Waals surface area (Å²) in [6.07, 6.45) is 2.95. The van der Waals surface area contributed by atoms with Gasteiger partial charge in [0.25, 0.3) is 0 Å². The van der Waals surface area contributed by atoms with E-state index in [4.69, 9.17) is 14.5 Å². The number of methoxy groups -OCH3 is 2. The monoisotopic (exact) mass is 512 g/mol. The fraction of sp³-hybridized carbons (Fsp3) is 0.462.